The van der Waals surface area contributed by atoms with Gasteiger partial charge in [-0.15, -0.1) is 0 Å². The van der Waals surface area contributed by atoms with E-state index in [1.807, 2.05) is 0 Å². The molecule has 6 heterocycles. The predicted molar refractivity (Wildman–Crippen MR) is 344 cm³/mol. The fraction of sp³-hybridized carbons (Fsp3) is 0.0400. The predicted octanol–water partition coefficient (Wildman–Crippen LogP) is 19.3. The molecule has 384 valence electrons. The van der Waals surface area contributed by atoms with Crippen molar-refractivity contribution in [3.05, 3.63) is 273 Å². The van der Waals surface area contributed by atoms with Gasteiger partial charge in [0.25, 0.3) is 0 Å². The Bertz CT molecular complexity index is 5430. The summed E-state index contributed by atoms with van der Waals surface area (Å²) in [5, 5.41) is 15.7. The summed E-state index contributed by atoms with van der Waals surface area (Å²) in [6.07, 6.45) is 0. The molecule has 0 saturated heterocycles. The second-order valence-corrected chi connectivity index (χ2v) is 21.4. The van der Waals surface area contributed by atoms with E-state index >= 15 is 0 Å². The maximum absolute atomic E-state index is 2.41. The van der Waals surface area contributed by atoms with E-state index in [9.17, 15) is 0 Å². The SMILES string of the molecule is Cn1c2ccccc2c2cc3c4ccccc4n(-c4ccccc4)c3cc21.Cn1c2ccccc2c2ccc3c(c4ccccc4n3-c3ccccc3)c21.Cn1c2ccccc2c2ccc3c4ccccc4n(-c4ccccc4)c3c21. The molecule has 0 amide bonds. The van der Waals surface area contributed by atoms with Gasteiger partial charge in [0.2, 0.25) is 0 Å². The van der Waals surface area contributed by atoms with E-state index in [2.05, 4.69) is 322 Å². The number of fused-ring (bicyclic) bond motifs is 20. The quantitative estimate of drug-likeness (QED) is 0.169. The number of benzene rings is 12. The zero-order valence-electron chi connectivity index (χ0n) is 45.2. The van der Waals surface area contributed by atoms with Crippen LogP contribution in [-0.2, 0) is 21.1 Å². The van der Waals surface area contributed by atoms with Gasteiger partial charge in [0.15, 0.2) is 0 Å². The van der Waals surface area contributed by atoms with Gasteiger partial charge in [0, 0.05) is 119 Å². The summed E-state index contributed by atoms with van der Waals surface area (Å²) in [7, 11) is 6.52. The van der Waals surface area contributed by atoms with Crippen LogP contribution in [0, 0.1) is 0 Å². The monoisotopic (exact) mass is 1040 g/mol. The van der Waals surface area contributed by atoms with E-state index in [1.54, 1.807) is 0 Å². The summed E-state index contributed by atoms with van der Waals surface area (Å²) in [5.41, 5.74) is 18.8. The minimum Gasteiger partial charge on any atom is -0.344 e. The molecule has 0 bridgehead atoms. The summed E-state index contributed by atoms with van der Waals surface area (Å²) in [5.74, 6) is 0. The minimum atomic E-state index is 1.20. The van der Waals surface area contributed by atoms with Crippen molar-refractivity contribution < 1.29 is 0 Å². The second-order valence-electron chi connectivity index (χ2n) is 21.4. The largest absolute Gasteiger partial charge is 0.344 e. The van der Waals surface area contributed by atoms with Crippen LogP contribution in [0.4, 0.5) is 0 Å². The Hall–Kier alpha value is -10.6. The smallest absolute Gasteiger partial charge is 0.0785 e. The van der Waals surface area contributed by atoms with Gasteiger partial charge in [0.1, 0.15) is 0 Å². The van der Waals surface area contributed by atoms with Gasteiger partial charge in [-0.2, -0.15) is 0 Å². The Morgan fingerprint density at radius 2 is 0.519 bits per heavy atom. The molecular formula is C75H54N6. The topological polar surface area (TPSA) is 29.6 Å². The molecule has 0 spiro atoms. The lowest BCUT2D eigenvalue weighted by Crippen LogP contribution is -1.96. The maximum Gasteiger partial charge on any atom is 0.0785 e. The molecular weight excluding hydrogens is 985 g/mol. The van der Waals surface area contributed by atoms with Gasteiger partial charge < -0.3 is 27.4 Å². The number of aryl methyl sites for hydroxylation is 3. The van der Waals surface area contributed by atoms with Crippen molar-refractivity contribution in [3.63, 3.8) is 0 Å². The number of rotatable bonds is 3. The molecule has 6 nitrogen and oxygen atoms in total. The Morgan fingerprint density at radius 3 is 1.06 bits per heavy atom. The zero-order chi connectivity index (χ0) is 53.9. The molecule has 0 radical (unpaired) electrons. The van der Waals surface area contributed by atoms with Crippen molar-refractivity contribution in [2.24, 2.45) is 21.1 Å². The van der Waals surface area contributed by atoms with E-state index in [1.165, 1.54) is 148 Å². The number of hydrogen-bond donors (Lipinski definition) is 0. The highest BCUT2D eigenvalue weighted by Gasteiger charge is 2.21. The van der Waals surface area contributed by atoms with Crippen LogP contribution in [-0.4, -0.2) is 27.4 Å². The molecule has 0 unspecified atom stereocenters. The van der Waals surface area contributed by atoms with E-state index in [0.717, 1.165) is 0 Å². The summed E-state index contributed by atoms with van der Waals surface area (Å²) < 4.78 is 14.1. The van der Waals surface area contributed by atoms with Crippen molar-refractivity contribution in [2.45, 2.75) is 0 Å². The highest BCUT2D eigenvalue weighted by atomic mass is 15.0. The lowest BCUT2D eigenvalue weighted by Gasteiger charge is -2.09. The first-order valence-corrected chi connectivity index (χ1v) is 27.9. The first-order chi connectivity index (χ1) is 40.0. The summed E-state index contributed by atoms with van der Waals surface area (Å²) >= 11 is 0. The van der Waals surface area contributed by atoms with Crippen LogP contribution in [0.15, 0.2) is 273 Å². The van der Waals surface area contributed by atoms with Crippen molar-refractivity contribution >= 4 is 131 Å². The number of nitrogens with zero attached hydrogens (tertiary/aromatic N) is 6. The molecule has 6 aromatic heterocycles. The zero-order valence-corrected chi connectivity index (χ0v) is 45.2. The molecule has 12 aromatic carbocycles. The van der Waals surface area contributed by atoms with Crippen molar-refractivity contribution in [3.8, 4) is 17.1 Å². The van der Waals surface area contributed by atoms with Crippen LogP contribution < -0.4 is 0 Å². The van der Waals surface area contributed by atoms with E-state index in [4.69, 9.17) is 0 Å². The van der Waals surface area contributed by atoms with E-state index in [-0.39, 0.29) is 0 Å². The van der Waals surface area contributed by atoms with E-state index < -0.39 is 0 Å². The Labute approximate surface area is 467 Å². The van der Waals surface area contributed by atoms with E-state index in [0.29, 0.717) is 0 Å². The third-order valence-electron chi connectivity index (χ3n) is 17.2. The van der Waals surface area contributed by atoms with Crippen LogP contribution in [0.25, 0.3) is 148 Å². The molecule has 0 saturated carbocycles. The average Bonchev–Trinajstić information content (AvgIpc) is 4.01. The Kier molecular flexibility index (Phi) is 10.5. The number of aromatic nitrogens is 6. The van der Waals surface area contributed by atoms with Crippen LogP contribution in [0.5, 0.6) is 0 Å². The minimum absolute atomic E-state index is 1.20. The molecule has 18 aromatic rings. The molecule has 0 atom stereocenters. The summed E-state index contributed by atoms with van der Waals surface area (Å²) in [4.78, 5) is 0. The van der Waals surface area contributed by atoms with Gasteiger partial charge in [-0.05, 0) is 91.0 Å². The van der Waals surface area contributed by atoms with Gasteiger partial charge in [-0.25, -0.2) is 0 Å². The Balaban J connectivity index is 0.000000100. The highest BCUT2D eigenvalue weighted by Crippen LogP contribution is 2.43. The molecule has 0 fully saturated rings. The summed E-state index contributed by atoms with van der Waals surface area (Å²) in [6.45, 7) is 0. The number of hydrogen-bond acceptors (Lipinski definition) is 0. The average molecular weight is 1040 g/mol. The fourth-order valence-corrected chi connectivity index (χ4v) is 13.6. The second kappa shape index (κ2) is 18.3. The van der Waals surface area contributed by atoms with Crippen LogP contribution in [0.1, 0.15) is 0 Å². The van der Waals surface area contributed by atoms with Crippen LogP contribution in [0.2, 0.25) is 0 Å². The molecule has 0 aliphatic carbocycles. The number of para-hydroxylation sites is 9. The van der Waals surface area contributed by atoms with Crippen molar-refractivity contribution in [1.29, 1.82) is 0 Å². The van der Waals surface area contributed by atoms with Gasteiger partial charge in [-0.3, -0.25) is 0 Å². The first-order valence-electron chi connectivity index (χ1n) is 27.9. The first kappa shape index (κ1) is 46.5. The molecule has 18 rings (SSSR count). The standard InChI is InChI=1S/3C25H18N2/c1-26-22-13-7-5-11-18(22)20-15-21-19-12-6-8-14-23(19)27(25(21)16-24(20)26)17-9-3-2-4-10-17;1-26-21-13-7-5-11-18(21)19-15-16-23-24(25(19)26)20-12-6-8-14-22(20)27(23)17-9-3-2-4-10-17;1-26-22-13-7-5-11-18(22)20-15-16-21-19-12-6-8-14-23(19)27(25(21)24(20)26)17-9-3-2-4-10-17/h3*2-16H,1H3. The Morgan fingerprint density at radius 1 is 0.185 bits per heavy atom. The van der Waals surface area contributed by atoms with Crippen molar-refractivity contribution in [1.82, 2.24) is 27.4 Å². The molecule has 0 aliphatic heterocycles. The molecule has 0 aliphatic rings. The third kappa shape index (κ3) is 6.93. The third-order valence-corrected chi connectivity index (χ3v) is 17.2. The van der Waals surface area contributed by atoms with Gasteiger partial charge in [0.05, 0.1) is 49.7 Å². The molecule has 6 heteroatoms. The molecule has 0 N–H and O–H groups in total. The van der Waals surface area contributed by atoms with Crippen LogP contribution in [0.3, 0.4) is 0 Å². The highest BCUT2D eigenvalue weighted by molar-refractivity contribution is 6.26. The summed E-state index contributed by atoms with van der Waals surface area (Å²) in [6, 6.07) is 97.9. The fourth-order valence-electron chi connectivity index (χ4n) is 13.6. The maximum atomic E-state index is 2.41. The molecule has 81 heavy (non-hydrogen) atoms. The lowest BCUT2D eigenvalue weighted by molar-refractivity contribution is 1.01. The van der Waals surface area contributed by atoms with Gasteiger partial charge >= 0.3 is 0 Å². The lowest BCUT2D eigenvalue weighted by atomic mass is 10.1. The van der Waals surface area contributed by atoms with Crippen molar-refractivity contribution in [2.75, 3.05) is 0 Å². The normalized spacial score (nSPS) is 11.9. The van der Waals surface area contributed by atoms with Gasteiger partial charge in [-0.1, -0.05) is 182 Å². The van der Waals surface area contributed by atoms with Crippen LogP contribution >= 0.6 is 0 Å².